The van der Waals surface area contributed by atoms with E-state index in [2.05, 4.69) is 31.5 Å². The minimum absolute atomic E-state index is 0.181. The first-order valence-corrected chi connectivity index (χ1v) is 11.7. The second-order valence-corrected chi connectivity index (χ2v) is 8.94. The van der Waals surface area contributed by atoms with E-state index in [1.807, 2.05) is 84.9 Å². The zero-order valence-electron chi connectivity index (χ0n) is 17.8. The van der Waals surface area contributed by atoms with Gasteiger partial charge in [0.05, 0.1) is 11.2 Å². The summed E-state index contributed by atoms with van der Waals surface area (Å²) in [4.78, 5) is 22.0. The maximum atomic E-state index is 12.6. The third-order valence-electron chi connectivity index (χ3n) is 5.21. The van der Waals surface area contributed by atoms with Crippen molar-refractivity contribution in [3.8, 4) is 11.3 Å². The quantitative estimate of drug-likeness (QED) is 0.245. The maximum absolute atomic E-state index is 12.6. The molecule has 1 heterocycles. The fourth-order valence-corrected chi connectivity index (χ4v) is 3.98. The van der Waals surface area contributed by atoms with Gasteiger partial charge in [-0.2, -0.15) is 0 Å². The predicted molar refractivity (Wildman–Crippen MR) is 142 cm³/mol. The van der Waals surface area contributed by atoms with Gasteiger partial charge >= 0.3 is 0 Å². The third-order valence-corrected chi connectivity index (χ3v) is 5.97. The average Bonchev–Trinajstić information content (AvgIpc) is 2.86. The monoisotopic (exact) mass is 528 g/mol. The van der Waals surface area contributed by atoms with E-state index in [9.17, 15) is 4.79 Å². The number of halogens is 2. The van der Waals surface area contributed by atoms with Gasteiger partial charge in [-0.3, -0.25) is 4.79 Å². The largest absolute Gasteiger partial charge is 0.324 e. The van der Waals surface area contributed by atoms with E-state index in [4.69, 9.17) is 16.6 Å². The second kappa shape index (κ2) is 9.63. The van der Waals surface area contributed by atoms with Crippen molar-refractivity contribution < 1.29 is 4.79 Å². The lowest BCUT2D eigenvalue weighted by Gasteiger charge is -2.11. The van der Waals surface area contributed by atoms with Crippen LogP contribution in [-0.2, 0) is 0 Å². The number of benzene rings is 4. The molecule has 2 N–H and O–H groups in total. The molecule has 0 fully saturated rings. The lowest BCUT2D eigenvalue weighted by molar-refractivity contribution is 0.102. The van der Waals surface area contributed by atoms with Crippen LogP contribution in [0.2, 0.25) is 5.02 Å². The van der Waals surface area contributed by atoms with Gasteiger partial charge in [-0.15, -0.1) is 0 Å². The average molecular weight is 530 g/mol. The van der Waals surface area contributed by atoms with E-state index in [0.717, 1.165) is 38.0 Å². The van der Waals surface area contributed by atoms with Crippen LogP contribution in [0.4, 0.5) is 17.3 Å². The maximum Gasteiger partial charge on any atom is 0.255 e. The van der Waals surface area contributed by atoms with Gasteiger partial charge in [-0.05, 0) is 66.7 Å². The number of fused-ring (bicyclic) bond motifs is 1. The number of amides is 1. The Hall–Kier alpha value is -3.74. The minimum Gasteiger partial charge on any atom is -0.324 e. The molecule has 7 heteroatoms. The first-order valence-electron chi connectivity index (χ1n) is 10.5. The van der Waals surface area contributed by atoms with E-state index in [1.165, 1.54) is 0 Å². The summed E-state index contributed by atoms with van der Waals surface area (Å²) in [6.07, 6.45) is 0. The van der Waals surface area contributed by atoms with E-state index < -0.39 is 0 Å². The van der Waals surface area contributed by atoms with Crippen LogP contribution in [0.5, 0.6) is 0 Å². The number of anilines is 3. The molecule has 5 nitrogen and oxygen atoms in total. The summed E-state index contributed by atoms with van der Waals surface area (Å²) < 4.78 is 0.954. The third kappa shape index (κ3) is 4.93. The number of carbonyl (C=O) groups excluding carboxylic acids is 1. The van der Waals surface area contributed by atoms with Gasteiger partial charge < -0.3 is 10.6 Å². The SMILES string of the molecule is O=C(Nc1ccc(Br)cc1)c1ccc(Nc2nc(-c3ccccc3)c3cc(Cl)ccc3n2)cc1. The zero-order chi connectivity index (χ0) is 23.5. The number of carbonyl (C=O) groups is 1. The van der Waals surface area contributed by atoms with Crippen molar-refractivity contribution in [3.05, 3.63) is 112 Å². The summed E-state index contributed by atoms with van der Waals surface area (Å²) >= 11 is 9.63. The number of aromatic nitrogens is 2. The summed E-state index contributed by atoms with van der Waals surface area (Å²) in [7, 11) is 0. The van der Waals surface area contributed by atoms with Gasteiger partial charge in [0.2, 0.25) is 5.95 Å². The second-order valence-electron chi connectivity index (χ2n) is 7.59. The van der Waals surface area contributed by atoms with Crippen LogP contribution in [0.15, 0.2) is 102 Å². The van der Waals surface area contributed by atoms with Crippen LogP contribution in [0.25, 0.3) is 22.2 Å². The molecular formula is C27H18BrClN4O. The summed E-state index contributed by atoms with van der Waals surface area (Å²) in [5.41, 5.74) is 4.60. The fraction of sp³-hybridized carbons (Fsp3) is 0. The fourth-order valence-electron chi connectivity index (χ4n) is 3.54. The van der Waals surface area contributed by atoms with E-state index in [-0.39, 0.29) is 5.91 Å². The Morgan fingerprint density at radius 1 is 0.794 bits per heavy atom. The molecule has 0 saturated heterocycles. The topological polar surface area (TPSA) is 66.9 Å². The molecule has 166 valence electrons. The van der Waals surface area contributed by atoms with Gasteiger partial charge in [0.25, 0.3) is 5.91 Å². The van der Waals surface area contributed by atoms with Crippen LogP contribution in [-0.4, -0.2) is 15.9 Å². The molecule has 0 bridgehead atoms. The van der Waals surface area contributed by atoms with Crippen molar-refractivity contribution in [2.45, 2.75) is 0 Å². The van der Waals surface area contributed by atoms with E-state index in [0.29, 0.717) is 16.5 Å². The van der Waals surface area contributed by atoms with Crippen LogP contribution < -0.4 is 10.6 Å². The number of nitrogens with one attached hydrogen (secondary N) is 2. The van der Waals surface area contributed by atoms with Crippen LogP contribution >= 0.6 is 27.5 Å². The van der Waals surface area contributed by atoms with Gasteiger partial charge in [0.1, 0.15) is 0 Å². The molecule has 0 radical (unpaired) electrons. The highest BCUT2D eigenvalue weighted by Crippen LogP contribution is 2.30. The van der Waals surface area contributed by atoms with Crippen molar-refractivity contribution in [2.24, 2.45) is 0 Å². The molecule has 1 aromatic heterocycles. The standard InChI is InChI=1S/C27H18BrClN4O/c28-19-8-13-21(14-9-19)30-26(34)18-6-11-22(12-7-18)31-27-32-24-15-10-20(29)16-23(24)25(33-27)17-4-2-1-3-5-17/h1-16H,(H,30,34)(H,31,32,33). The van der Waals surface area contributed by atoms with Crippen LogP contribution in [0.1, 0.15) is 10.4 Å². The molecule has 0 unspecified atom stereocenters. The van der Waals surface area contributed by atoms with E-state index in [1.54, 1.807) is 12.1 Å². The number of hydrogen-bond donors (Lipinski definition) is 2. The zero-order valence-corrected chi connectivity index (χ0v) is 20.1. The molecule has 0 aliphatic rings. The summed E-state index contributed by atoms with van der Waals surface area (Å²) in [5.74, 6) is 0.278. The molecule has 4 aromatic carbocycles. The van der Waals surface area contributed by atoms with Crippen LogP contribution in [0.3, 0.4) is 0 Å². The Bertz CT molecular complexity index is 1470. The molecule has 0 spiro atoms. The molecule has 0 saturated carbocycles. The predicted octanol–water partition coefficient (Wildman–Crippen LogP) is 7.71. The Morgan fingerprint density at radius 3 is 2.24 bits per heavy atom. The number of nitrogens with zero attached hydrogens (tertiary/aromatic N) is 2. The van der Waals surface area contributed by atoms with Crippen molar-refractivity contribution in [1.82, 2.24) is 9.97 Å². The highest BCUT2D eigenvalue weighted by Gasteiger charge is 2.12. The highest BCUT2D eigenvalue weighted by molar-refractivity contribution is 9.10. The minimum atomic E-state index is -0.181. The van der Waals surface area contributed by atoms with Crippen molar-refractivity contribution in [3.63, 3.8) is 0 Å². The smallest absolute Gasteiger partial charge is 0.255 e. The molecule has 34 heavy (non-hydrogen) atoms. The molecule has 1 amide bonds. The van der Waals surface area contributed by atoms with Gasteiger partial charge in [0, 0.05) is 37.4 Å². The first-order chi connectivity index (χ1) is 16.5. The summed E-state index contributed by atoms with van der Waals surface area (Å²) in [5, 5.41) is 7.65. The van der Waals surface area contributed by atoms with Crippen molar-refractivity contribution in [2.75, 3.05) is 10.6 Å². The van der Waals surface area contributed by atoms with Gasteiger partial charge in [0.15, 0.2) is 0 Å². The van der Waals surface area contributed by atoms with Crippen LogP contribution in [0, 0.1) is 0 Å². The first kappa shape index (κ1) is 22.1. The Labute approximate surface area is 210 Å². The van der Waals surface area contributed by atoms with Crippen molar-refractivity contribution in [1.29, 1.82) is 0 Å². The lowest BCUT2D eigenvalue weighted by Crippen LogP contribution is -2.11. The molecule has 0 aliphatic carbocycles. The molecule has 0 aliphatic heterocycles. The number of rotatable bonds is 5. The van der Waals surface area contributed by atoms with Crippen molar-refractivity contribution >= 4 is 61.7 Å². The normalized spacial score (nSPS) is 10.8. The Morgan fingerprint density at radius 2 is 1.50 bits per heavy atom. The molecular weight excluding hydrogens is 512 g/mol. The summed E-state index contributed by atoms with van der Waals surface area (Å²) in [6, 6.07) is 30.1. The molecule has 5 rings (SSSR count). The van der Waals surface area contributed by atoms with Gasteiger partial charge in [-0.1, -0.05) is 57.9 Å². The Balaban J connectivity index is 1.40. The van der Waals surface area contributed by atoms with E-state index >= 15 is 0 Å². The Kier molecular flexibility index (Phi) is 6.25. The lowest BCUT2D eigenvalue weighted by atomic mass is 10.1. The number of hydrogen-bond acceptors (Lipinski definition) is 4. The molecule has 0 atom stereocenters. The van der Waals surface area contributed by atoms with Gasteiger partial charge in [-0.25, -0.2) is 9.97 Å². The molecule has 5 aromatic rings. The highest BCUT2D eigenvalue weighted by atomic mass is 79.9. The summed E-state index contributed by atoms with van der Waals surface area (Å²) in [6.45, 7) is 0.